The molecule has 1 atom stereocenters. The Morgan fingerprint density at radius 1 is 1.18 bits per heavy atom. The number of ether oxygens (including phenoxy) is 3. The van der Waals surface area contributed by atoms with Crippen LogP contribution >= 0.6 is 0 Å². The Morgan fingerprint density at radius 3 is 2.65 bits per heavy atom. The van der Waals surface area contributed by atoms with Crippen molar-refractivity contribution in [3.63, 3.8) is 0 Å². The Kier molecular flexibility index (Phi) is 5.22. The molecule has 0 aromatic rings. The second-order valence-electron chi connectivity index (χ2n) is 4.97. The maximum absolute atomic E-state index is 8.84. The lowest BCUT2D eigenvalue weighted by Gasteiger charge is -2.44. The highest BCUT2D eigenvalue weighted by Gasteiger charge is 2.43. The minimum Gasteiger partial charge on any atom is -0.396 e. The molecule has 17 heavy (non-hydrogen) atoms. The quantitative estimate of drug-likeness (QED) is 0.748. The molecule has 100 valence electrons. The molecule has 1 aliphatic heterocycles. The van der Waals surface area contributed by atoms with Crippen molar-refractivity contribution in [2.45, 2.75) is 44.3 Å². The van der Waals surface area contributed by atoms with Crippen LogP contribution in [0.2, 0.25) is 0 Å². The van der Waals surface area contributed by atoms with Crippen LogP contribution in [0.15, 0.2) is 0 Å². The fraction of sp³-hybridized carbons (Fsp3) is 1.00. The number of hydrogen-bond donors (Lipinski definition) is 1. The Bertz CT molecular complexity index is 207. The lowest BCUT2D eigenvalue weighted by atomic mass is 9.83. The first-order valence-electron chi connectivity index (χ1n) is 6.84. The number of aliphatic hydroxyl groups excluding tert-OH is 1. The van der Waals surface area contributed by atoms with Crippen LogP contribution in [0.1, 0.15) is 38.5 Å². The fourth-order valence-electron chi connectivity index (χ4n) is 2.82. The highest BCUT2D eigenvalue weighted by Crippen LogP contribution is 2.37. The minimum absolute atomic E-state index is 0.168. The van der Waals surface area contributed by atoms with Gasteiger partial charge in [0.15, 0.2) is 5.79 Å². The van der Waals surface area contributed by atoms with Crippen LogP contribution in [0.4, 0.5) is 0 Å². The maximum Gasteiger partial charge on any atom is 0.194 e. The Hall–Kier alpha value is -0.160. The summed E-state index contributed by atoms with van der Waals surface area (Å²) in [5.41, 5.74) is 0. The summed E-state index contributed by atoms with van der Waals surface area (Å²) in [6, 6.07) is 0. The summed E-state index contributed by atoms with van der Waals surface area (Å²) in [4.78, 5) is 0. The molecule has 2 fully saturated rings. The zero-order chi connectivity index (χ0) is 12.0. The Balaban J connectivity index is 1.94. The highest BCUT2D eigenvalue weighted by atomic mass is 16.7. The van der Waals surface area contributed by atoms with Crippen LogP contribution in [0, 0.1) is 5.92 Å². The summed E-state index contributed by atoms with van der Waals surface area (Å²) >= 11 is 0. The normalized spacial score (nSPS) is 31.6. The van der Waals surface area contributed by atoms with Crippen LogP contribution < -0.4 is 0 Å². The zero-order valence-electron chi connectivity index (χ0n) is 10.5. The Labute approximate surface area is 103 Å². The van der Waals surface area contributed by atoms with Crippen molar-refractivity contribution in [2.75, 3.05) is 33.0 Å². The molecule has 0 aromatic carbocycles. The second-order valence-corrected chi connectivity index (χ2v) is 4.97. The van der Waals surface area contributed by atoms with Crippen molar-refractivity contribution >= 4 is 0 Å². The predicted octanol–water partition coefficient (Wildman–Crippen LogP) is 1.71. The summed E-state index contributed by atoms with van der Waals surface area (Å²) in [6.45, 7) is 2.55. The zero-order valence-corrected chi connectivity index (χ0v) is 10.5. The molecule has 1 N–H and O–H groups in total. The third kappa shape index (κ3) is 3.41. The molecule has 1 unspecified atom stereocenters. The van der Waals surface area contributed by atoms with E-state index in [9.17, 15) is 0 Å². The molecule has 4 nitrogen and oxygen atoms in total. The van der Waals surface area contributed by atoms with E-state index in [1.165, 1.54) is 32.1 Å². The van der Waals surface area contributed by atoms with Crippen molar-refractivity contribution in [2.24, 2.45) is 5.92 Å². The van der Waals surface area contributed by atoms with E-state index in [4.69, 9.17) is 19.3 Å². The smallest absolute Gasteiger partial charge is 0.194 e. The van der Waals surface area contributed by atoms with Gasteiger partial charge in [-0.25, -0.2) is 0 Å². The second kappa shape index (κ2) is 6.69. The van der Waals surface area contributed by atoms with Gasteiger partial charge in [-0.1, -0.05) is 19.3 Å². The van der Waals surface area contributed by atoms with Crippen molar-refractivity contribution in [1.82, 2.24) is 0 Å². The first-order valence-corrected chi connectivity index (χ1v) is 6.84. The summed E-state index contributed by atoms with van der Waals surface area (Å²) in [5.74, 6) is -0.0800. The van der Waals surface area contributed by atoms with Gasteiger partial charge < -0.3 is 19.3 Å². The summed E-state index contributed by atoms with van der Waals surface area (Å²) in [6.07, 6.45) is 6.85. The topological polar surface area (TPSA) is 47.9 Å². The molecule has 0 radical (unpaired) electrons. The van der Waals surface area contributed by atoms with Gasteiger partial charge in [-0.15, -0.1) is 0 Å². The van der Waals surface area contributed by atoms with Crippen LogP contribution in [0.3, 0.4) is 0 Å². The van der Waals surface area contributed by atoms with Gasteiger partial charge in [0, 0.05) is 12.5 Å². The van der Waals surface area contributed by atoms with Crippen LogP contribution in [-0.4, -0.2) is 43.9 Å². The predicted molar refractivity (Wildman–Crippen MR) is 63.7 cm³/mol. The lowest BCUT2D eigenvalue weighted by molar-refractivity contribution is -0.321. The van der Waals surface area contributed by atoms with Gasteiger partial charge in [-0.05, 0) is 19.3 Å². The lowest BCUT2D eigenvalue weighted by Crippen LogP contribution is -2.52. The molecular weight excluding hydrogens is 220 g/mol. The molecule has 1 saturated carbocycles. The summed E-state index contributed by atoms with van der Waals surface area (Å²) in [5, 5.41) is 8.84. The van der Waals surface area contributed by atoms with Gasteiger partial charge in [0.1, 0.15) is 6.61 Å². The van der Waals surface area contributed by atoms with E-state index in [1.54, 1.807) is 0 Å². The highest BCUT2D eigenvalue weighted by molar-refractivity contribution is 4.84. The van der Waals surface area contributed by atoms with E-state index < -0.39 is 5.79 Å². The molecule has 1 saturated heterocycles. The molecule has 0 bridgehead atoms. The van der Waals surface area contributed by atoms with Crippen molar-refractivity contribution in [3.05, 3.63) is 0 Å². The molecular formula is C13H24O4. The van der Waals surface area contributed by atoms with Crippen molar-refractivity contribution in [3.8, 4) is 0 Å². The number of hydrogen-bond acceptors (Lipinski definition) is 4. The van der Waals surface area contributed by atoms with E-state index in [1.807, 2.05) is 0 Å². The fourth-order valence-corrected chi connectivity index (χ4v) is 2.82. The number of aliphatic hydroxyl groups is 1. The molecule has 2 rings (SSSR count). The van der Waals surface area contributed by atoms with Crippen LogP contribution in [0.5, 0.6) is 0 Å². The van der Waals surface area contributed by atoms with E-state index >= 15 is 0 Å². The molecule has 1 heterocycles. The van der Waals surface area contributed by atoms with Crippen molar-refractivity contribution < 1.29 is 19.3 Å². The third-order valence-corrected chi connectivity index (χ3v) is 3.75. The van der Waals surface area contributed by atoms with E-state index in [-0.39, 0.29) is 6.61 Å². The molecule has 0 spiro atoms. The SMILES string of the molecule is OCCCOC1(C2CCCCC2)COCCO1. The van der Waals surface area contributed by atoms with Crippen molar-refractivity contribution in [1.29, 1.82) is 0 Å². The third-order valence-electron chi connectivity index (χ3n) is 3.75. The van der Waals surface area contributed by atoms with Gasteiger partial charge in [0.05, 0.1) is 19.8 Å². The van der Waals surface area contributed by atoms with E-state index in [0.29, 0.717) is 38.8 Å². The van der Waals surface area contributed by atoms with E-state index in [0.717, 1.165) is 0 Å². The molecule has 0 amide bonds. The molecule has 1 aliphatic carbocycles. The molecule has 2 aliphatic rings. The summed E-state index contributed by atoms with van der Waals surface area (Å²) < 4.78 is 17.4. The average Bonchev–Trinajstić information content (AvgIpc) is 2.41. The van der Waals surface area contributed by atoms with Gasteiger partial charge in [0.2, 0.25) is 0 Å². The first kappa shape index (κ1) is 13.3. The standard InChI is InChI=1S/C13H24O4/c14-7-4-8-16-13(11-15-9-10-17-13)12-5-2-1-3-6-12/h12,14H,1-11H2. The number of rotatable bonds is 5. The average molecular weight is 244 g/mol. The van der Waals surface area contributed by atoms with Crippen LogP contribution in [0.25, 0.3) is 0 Å². The van der Waals surface area contributed by atoms with Gasteiger partial charge in [0.25, 0.3) is 0 Å². The van der Waals surface area contributed by atoms with Gasteiger partial charge in [-0.3, -0.25) is 0 Å². The van der Waals surface area contributed by atoms with Crippen LogP contribution in [-0.2, 0) is 14.2 Å². The Morgan fingerprint density at radius 2 is 2.00 bits per heavy atom. The first-order chi connectivity index (χ1) is 8.37. The van der Waals surface area contributed by atoms with E-state index in [2.05, 4.69) is 0 Å². The van der Waals surface area contributed by atoms with Gasteiger partial charge >= 0.3 is 0 Å². The summed E-state index contributed by atoms with van der Waals surface area (Å²) in [7, 11) is 0. The molecule has 4 heteroatoms. The molecule has 0 aromatic heterocycles. The maximum atomic E-state index is 8.84. The minimum atomic E-state index is -0.534. The largest absolute Gasteiger partial charge is 0.396 e. The van der Waals surface area contributed by atoms with Gasteiger partial charge in [-0.2, -0.15) is 0 Å². The monoisotopic (exact) mass is 244 g/mol.